The average molecular weight is 299 g/mol. The smallest absolute Gasteiger partial charge is 0.201 e. The minimum absolute atomic E-state index is 0.0814. The van der Waals surface area contributed by atoms with E-state index in [-0.39, 0.29) is 23.2 Å². The summed E-state index contributed by atoms with van der Waals surface area (Å²) in [5, 5.41) is 0.158. The second kappa shape index (κ2) is 5.72. The van der Waals surface area contributed by atoms with Crippen LogP contribution in [0.5, 0.6) is 5.75 Å². The Hall–Kier alpha value is -1.39. The van der Waals surface area contributed by atoms with Crippen molar-refractivity contribution in [1.29, 1.82) is 0 Å². The first-order valence-electron chi connectivity index (χ1n) is 5.66. The maximum atomic E-state index is 13.5. The van der Waals surface area contributed by atoms with Gasteiger partial charge in [-0.1, -0.05) is 17.7 Å². The molecule has 1 heterocycles. The summed E-state index contributed by atoms with van der Waals surface area (Å²) in [7, 11) is 0. The van der Waals surface area contributed by atoms with Crippen molar-refractivity contribution in [3.8, 4) is 5.75 Å². The van der Waals surface area contributed by atoms with Crippen LogP contribution in [0.1, 0.15) is 20.1 Å². The number of halogens is 2. The standard InChI is InChI=1S/C14H12ClFO2S/c1-8-6-10(9(2)19-8)13(17)7-18-14-11(15)4-3-5-12(14)16/h3-6H,7H2,1-2H3. The molecule has 0 aliphatic heterocycles. The van der Waals surface area contributed by atoms with E-state index in [1.165, 1.54) is 18.2 Å². The van der Waals surface area contributed by atoms with Crippen LogP contribution in [0.4, 0.5) is 4.39 Å². The first kappa shape index (κ1) is 14.0. The van der Waals surface area contributed by atoms with Crippen LogP contribution in [0.2, 0.25) is 5.02 Å². The Morgan fingerprint density at radius 3 is 2.74 bits per heavy atom. The number of aryl methyl sites for hydroxylation is 2. The molecule has 19 heavy (non-hydrogen) atoms. The number of rotatable bonds is 4. The molecule has 0 aliphatic rings. The molecule has 2 nitrogen and oxygen atoms in total. The van der Waals surface area contributed by atoms with Crippen LogP contribution in [0, 0.1) is 19.7 Å². The van der Waals surface area contributed by atoms with Crippen molar-refractivity contribution in [3.63, 3.8) is 0 Å². The number of para-hydroxylation sites is 1. The first-order chi connectivity index (χ1) is 8.99. The Bertz CT molecular complexity index is 602. The quantitative estimate of drug-likeness (QED) is 0.781. The van der Waals surface area contributed by atoms with Crippen molar-refractivity contribution >= 4 is 28.7 Å². The van der Waals surface area contributed by atoms with Gasteiger partial charge in [-0.15, -0.1) is 11.3 Å². The van der Waals surface area contributed by atoms with Crippen LogP contribution in [0.3, 0.4) is 0 Å². The number of thiophene rings is 1. The predicted octanol–water partition coefficient (Wildman–Crippen LogP) is 4.42. The lowest BCUT2D eigenvalue weighted by Crippen LogP contribution is -2.12. The molecule has 1 aromatic heterocycles. The first-order valence-corrected chi connectivity index (χ1v) is 6.85. The van der Waals surface area contributed by atoms with Gasteiger partial charge in [0.1, 0.15) is 0 Å². The summed E-state index contributed by atoms with van der Waals surface area (Å²) in [4.78, 5) is 14.0. The highest BCUT2D eigenvalue weighted by molar-refractivity contribution is 7.12. The summed E-state index contributed by atoms with van der Waals surface area (Å²) >= 11 is 7.37. The molecule has 5 heteroatoms. The van der Waals surface area contributed by atoms with Gasteiger partial charge < -0.3 is 4.74 Å². The Kier molecular flexibility index (Phi) is 4.22. The lowest BCUT2D eigenvalue weighted by molar-refractivity contribution is 0.0919. The molecule has 0 saturated heterocycles. The fraction of sp³-hybridized carbons (Fsp3) is 0.214. The van der Waals surface area contributed by atoms with E-state index < -0.39 is 5.82 Å². The second-order valence-electron chi connectivity index (χ2n) is 4.09. The maximum absolute atomic E-state index is 13.5. The molecule has 0 unspecified atom stereocenters. The normalized spacial score (nSPS) is 10.5. The van der Waals surface area contributed by atoms with Gasteiger partial charge in [-0.05, 0) is 32.0 Å². The SMILES string of the molecule is Cc1cc(C(=O)COc2c(F)cccc2Cl)c(C)s1. The van der Waals surface area contributed by atoms with Crippen molar-refractivity contribution in [2.75, 3.05) is 6.61 Å². The zero-order valence-electron chi connectivity index (χ0n) is 10.5. The van der Waals surface area contributed by atoms with E-state index in [4.69, 9.17) is 16.3 Å². The van der Waals surface area contributed by atoms with Gasteiger partial charge in [0.15, 0.2) is 18.2 Å². The number of Topliss-reactive ketones (excluding diaryl/α,β-unsaturated/α-hetero) is 1. The van der Waals surface area contributed by atoms with Crippen molar-refractivity contribution in [2.45, 2.75) is 13.8 Å². The molecule has 0 fully saturated rings. The predicted molar refractivity (Wildman–Crippen MR) is 75.0 cm³/mol. The molecule has 0 spiro atoms. The van der Waals surface area contributed by atoms with Crippen molar-refractivity contribution in [3.05, 3.63) is 50.4 Å². The van der Waals surface area contributed by atoms with Gasteiger partial charge in [0.25, 0.3) is 0 Å². The molecular formula is C14H12ClFO2S. The second-order valence-corrected chi connectivity index (χ2v) is 5.96. The summed E-state index contributed by atoms with van der Waals surface area (Å²) in [6.45, 7) is 3.59. The van der Waals surface area contributed by atoms with Crippen LogP contribution in [-0.2, 0) is 0 Å². The lowest BCUT2D eigenvalue weighted by atomic mass is 10.2. The molecular weight excluding hydrogens is 287 g/mol. The molecule has 0 saturated carbocycles. The topological polar surface area (TPSA) is 26.3 Å². The van der Waals surface area contributed by atoms with Crippen LogP contribution < -0.4 is 4.74 Å². The maximum Gasteiger partial charge on any atom is 0.201 e. The van der Waals surface area contributed by atoms with Crippen LogP contribution in [0.25, 0.3) is 0 Å². The number of benzene rings is 1. The van der Waals surface area contributed by atoms with E-state index in [2.05, 4.69) is 0 Å². The third-order valence-corrected chi connectivity index (χ3v) is 3.87. The summed E-state index contributed by atoms with van der Waals surface area (Å²) < 4.78 is 18.7. The Balaban J connectivity index is 2.11. The molecule has 0 aliphatic carbocycles. The minimum Gasteiger partial charge on any atom is -0.481 e. The molecule has 0 bridgehead atoms. The molecule has 0 amide bonds. The average Bonchev–Trinajstić information content (AvgIpc) is 2.67. The van der Waals surface area contributed by atoms with Crippen LogP contribution >= 0.6 is 22.9 Å². The third-order valence-electron chi connectivity index (χ3n) is 2.61. The van der Waals surface area contributed by atoms with Gasteiger partial charge in [-0.3, -0.25) is 4.79 Å². The lowest BCUT2D eigenvalue weighted by Gasteiger charge is -2.08. The number of hydrogen-bond acceptors (Lipinski definition) is 3. The molecule has 1 aromatic carbocycles. The van der Waals surface area contributed by atoms with E-state index in [9.17, 15) is 9.18 Å². The molecule has 0 atom stereocenters. The van der Waals surface area contributed by atoms with Gasteiger partial charge in [0.2, 0.25) is 5.78 Å². The summed E-state index contributed by atoms with van der Waals surface area (Å²) in [6.07, 6.45) is 0. The summed E-state index contributed by atoms with van der Waals surface area (Å²) in [6, 6.07) is 6.06. The fourth-order valence-electron chi connectivity index (χ4n) is 1.74. The summed E-state index contributed by atoms with van der Waals surface area (Å²) in [5.74, 6) is -0.832. The van der Waals surface area contributed by atoms with E-state index in [0.717, 1.165) is 9.75 Å². The Morgan fingerprint density at radius 1 is 1.42 bits per heavy atom. The Labute approximate surface area is 119 Å². The number of ketones is 1. The zero-order chi connectivity index (χ0) is 14.0. The van der Waals surface area contributed by atoms with Gasteiger partial charge >= 0.3 is 0 Å². The fourth-order valence-corrected chi connectivity index (χ4v) is 2.90. The highest BCUT2D eigenvalue weighted by atomic mass is 35.5. The van der Waals surface area contributed by atoms with Gasteiger partial charge in [-0.2, -0.15) is 0 Å². The van der Waals surface area contributed by atoms with Gasteiger partial charge in [-0.25, -0.2) is 4.39 Å². The molecule has 2 rings (SSSR count). The largest absolute Gasteiger partial charge is 0.481 e. The van der Waals surface area contributed by atoms with E-state index in [1.54, 1.807) is 11.3 Å². The Morgan fingerprint density at radius 2 is 2.16 bits per heavy atom. The van der Waals surface area contributed by atoms with Crippen LogP contribution in [0.15, 0.2) is 24.3 Å². The van der Waals surface area contributed by atoms with Gasteiger partial charge in [0, 0.05) is 15.3 Å². The summed E-state index contributed by atoms with van der Waals surface area (Å²) in [5.41, 5.74) is 0.620. The number of ether oxygens (including phenoxy) is 1. The number of hydrogen-bond donors (Lipinski definition) is 0. The van der Waals surface area contributed by atoms with E-state index in [1.807, 2.05) is 19.9 Å². The van der Waals surface area contributed by atoms with Gasteiger partial charge in [0.05, 0.1) is 5.02 Å². The van der Waals surface area contributed by atoms with Crippen LogP contribution in [-0.4, -0.2) is 12.4 Å². The molecule has 0 N–H and O–H groups in total. The van der Waals surface area contributed by atoms with E-state index >= 15 is 0 Å². The monoisotopic (exact) mass is 298 g/mol. The molecule has 0 radical (unpaired) electrons. The van der Waals surface area contributed by atoms with E-state index in [0.29, 0.717) is 5.56 Å². The number of carbonyl (C=O) groups excluding carboxylic acids is 1. The number of carbonyl (C=O) groups is 1. The molecule has 2 aromatic rings. The zero-order valence-corrected chi connectivity index (χ0v) is 12.1. The van der Waals surface area contributed by atoms with Crippen molar-refractivity contribution in [1.82, 2.24) is 0 Å². The molecule has 100 valence electrons. The third kappa shape index (κ3) is 3.14. The van der Waals surface area contributed by atoms with Crippen molar-refractivity contribution in [2.24, 2.45) is 0 Å². The van der Waals surface area contributed by atoms with Crippen molar-refractivity contribution < 1.29 is 13.9 Å². The highest BCUT2D eigenvalue weighted by Crippen LogP contribution is 2.28. The highest BCUT2D eigenvalue weighted by Gasteiger charge is 2.15. The minimum atomic E-state index is -0.571.